The smallest absolute Gasteiger partial charge is 0.290 e. The van der Waals surface area contributed by atoms with Gasteiger partial charge >= 0.3 is 0 Å². The van der Waals surface area contributed by atoms with Crippen LogP contribution in [0.1, 0.15) is 67.1 Å². The van der Waals surface area contributed by atoms with Crippen LogP contribution in [0, 0.1) is 17.8 Å². The quantitative estimate of drug-likeness (QED) is 0.910. The van der Waals surface area contributed by atoms with E-state index in [0.717, 1.165) is 57.3 Å². The summed E-state index contributed by atoms with van der Waals surface area (Å²) >= 11 is 0. The van der Waals surface area contributed by atoms with Crippen LogP contribution in [0.15, 0.2) is 10.6 Å². The number of carbonyl (C=O) groups is 2. The first-order valence-electron chi connectivity index (χ1n) is 9.75. The molecule has 6 nitrogen and oxygen atoms in total. The van der Waals surface area contributed by atoms with Crippen LogP contribution in [0.3, 0.4) is 0 Å². The molecule has 1 N–H and O–H groups in total. The molecule has 3 atom stereocenters. The van der Waals surface area contributed by atoms with Crippen molar-refractivity contribution in [2.45, 2.75) is 56.9 Å². The van der Waals surface area contributed by atoms with E-state index < -0.39 is 0 Å². The Balaban J connectivity index is 1.21. The molecule has 134 valence electrons. The zero-order valence-electron chi connectivity index (χ0n) is 14.4. The minimum Gasteiger partial charge on any atom is -0.351 e. The fourth-order valence-electron chi connectivity index (χ4n) is 4.74. The number of nitrogens with zero attached hydrogens (tertiary/aromatic N) is 2. The molecular weight excluding hydrogens is 318 g/mol. The third-order valence-electron chi connectivity index (χ3n) is 6.69. The van der Waals surface area contributed by atoms with Crippen molar-refractivity contribution >= 4 is 11.8 Å². The summed E-state index contributed by atoms with van der Waals surface area (Å²) in [5, 5.41) is 7.17. The first-order chi connectivity index (χ1) is 12.2. The van der Waals surface area contributed by atoms with Gasteiger partial charge in [0.1, 0.15) is 0 Å². The Hall–Kier alpha value is -1.85. The molecule has 2 amide bonds. The van der Waals surface area contributed by atoms with E-state index in [4.69, 9.17) is 4.52 Å². The van der Waals surface area contributed by atoms with Gasteiger partial charge in [-0.3, -0.25) is 9.59 Å². The predicted molar refractivity (Wildman–Crippen MR) is 89.9 cm³/mol. The molecule has 0 aromatic carbocycles. The van der Waals surface area contributed by atoms with Crippen LogP contribution in [-0.2, 0) is 4.79 Å². The third kappa shape index (κ3) is 2.75. The summed E-state index contributed by atoms with van der Waals surface area (Å²) in [4.78, 5) is 27.0. The molecule has 4 aliphatic rings. The van der Waals surface area contributed by atoms with Crippen molar-refractivity contribution in [3.8, 4) is 0 Å². The molecule has 0 spiro atoms. The first kappa shape index (κ1) is 15.4. The highest BCUT2D eigenvalue weighted by atomic mass is 16.5. The van der Waals surface area contributed by atoms with Crippen molar-refractivity contribution in [1.29, 1.82) is 0 Å². The summed E-state index contributed by atoms with van der Waals surface area (Å²) in [7, 11) is 0. The van der Waals surface area contributed by atoms with Gasteiger partial charge in [0.2, 0.25) is 11.7 Å². The predicted octanol–water partition coefficient (Wildman–Crippen LogP) is 2.32. The molecule has 3 unspecified atom stereocenters. The van der Waals surface area contributed by atoms with Gasteiger partial charge in [-0.2, -0.15) is 0 Å². The Morgan fingerprint density at radius 1 is 1.12 bits per heavy atom. The van der Waals surface area contributed by atoms with Crippen molar-refractivity contribution in [2.24, 2.45) is 17.8 Å². The van der Waals surface area contributed by atoms with Gasteiger partial charge in [0.25, 0.3) is 5.91 Å². The average Bonchev–Trinajstić information content (AvgIpc) is 2.98. The maximum absolute atomic E-state index is 12.5. The number of amides is 2. The third-order valence-corrected chi connectivity index (χ3v) is 6.69. The Morgan fingerprint density at radius 3 is 2.68 bits per heavy atom. The topological polar surface area (TPSA) is 75.4 Å². The number of likely N-dealkylation sites (tertiary alicyclic amines) is 1. The van der Waals surface area contributed by atoms with Crippen LogP contribution in [0.2, 0.25) is 0 Å². The molecule has 3 saturated carbocycles. The highest BCUT2D eigenvalue weighted by Crippen LogP contribution is 2.41. The molecule has 1 aliphatic heterocycles. The van der Waals surface area contributed by atoms with Crippen LogP contribution < -0.4 is 5.32 Å². The van der Waals surface area contributed by atoms with E-state index in [1.807, 2.05) is 0 Å². The van der Waals surface area contributed by atoms with E-state index in [9.17, 15) is 9.59 Å². The highest BCUT2D eigenvalue weighted by Gasteiger charge is 2.46. The van der Waals surface area contributed by atoms with Crippen molar-refractivity contribution in [2.75, 3.05) is 13.1 Å². The standard InChI is InChI=1S/C19H25N3O3/c23-18(17-8-16(21-25-17)11-4-5-11)20-15-7-6-13-9-22(10-14(13)15)19(24)12-2-1-3-12/h8,11-15H,1-7,9-10H2,(H,20,23). The van der Waals surface area contributed by atoms with E-state index in [2.05, 4.69) is 15.4 Å². The second-order valence-corrected chi connectivity index (χ2v) is 8.34. The van der Waals surface area contributed by atoms with Gasteiger partial charge in [-0.25, -0.2) is 0 Å². The summed E-state index contributed by atoms with van der Waals surface area (Å²) in [5.74, 6) is 2.18. The van der Waals surface area contributed by atoms with Crippen molar-refractivity contribution in [3.63, 3.8) is 0 Å². The first-order valence-corrected chi connectivity index (χ1v) is 9.75. The number of aromatic nitrogens is 1. The molecule has 0 radical (unpaired) electrons. The fourth-order valence-corrected chi connectivity index (χ4v) is 4.74. The molecular formula is C19H25N3O3. The van der Waals surface area contributed by atoms with Gasteiger partial charge in [0.05, 0.1) is 5.69 Å². The molecule has 5 rings (SSSR count). The lowest BCUT2D eigenvalue weighted by atomic mass is 9.84. The van der Waals surface area contributed by atoms with Gasteiger partial charge < -0.3 is 14.7 Å². The Bertz CT molecular complexity index is 692. The van der Waals surface area contributed by atoms with Crippen molar-refractivity contribution in [3.05, 3.63) is 17.5 Å². The summed E-state index contributed by atoms with van der Waals surface area (Å²) in [5.41, 5.74) is 0.910. The normalized spacial score (nSPS) is 31.7. The van der Waals surface area contributed by atoms with E-state index in [-0.39, 0.29) is 17.9 Å². The monoisotopic (exact) mass is 343 g/mol. The summed E-state index contributed by atoms with van der Waals surface area (Å²) in [6.45, 7) is 1.68. The maximum atomic E-state index is 12.5. The van der Waals surface area contributed by atoms with Crippen LogP contribution in [0.4, 0.5) is 0 Å². The SMILES string of the molecule is O=C(NC1CCC2CN(C(=O)C3CCC3)CC21)c1cc(C2CC2)no1. The molecule has 0 bridgehead atoms. The van der Waals surface area contributed by atoms with Crippen LogP contribution in [-0.4, -0.2) is 41.0 Å². The summed E-state index contributed by atoms with van der Waals surface area (Å²) < 4.78 is 5.24. The fraction of sp³-hybridized carbons (Fsp3) is 0.737. The molecule has 6 heteroatoms. The minimum absolute atomic E-state index is 0.145. The Kier molecular flexibility index (Phi) is 3.61. The molecule has 1 aromatic heterocycles. The number of hydrogen-bond donors (Lipinski definition) is 1. The number of carbonyl (C=O) groups excluding carboxylic acids is 2. The van der Waals surface area contributed by atoms with Gasteiger partial charge in [-0.05, 0) is 44.4 Å². The average molecular weight is 343 g/mol. The zero-order valence-corrected chi connectivity index (χ0v) is 14.4. The van der Waals surface area contributed by atoms with Crippen molar-refractivity contribution in [1.82, 2.24) is 15.4 Å². The zero-order chi connectivity index (χ0) is 17.0. The van der Waals surface area contributed by atoms with E-state index in [1.165, 1.54) is 6.42 Å². The van der Waals surface area contributed by atoms with Crippen molar-refractivity contribution < 1.29 is 14.1 Å². The second kappa shape index (κ2) is 5.85. The Morgan fingerprint density at radius 2 is 1.96 bits per heavy atom. The van der Waals surface area contributed by atoms with E-state index in [0.29, 0.717) is 29.4 Å². The second-order valence-electron chi connectivity index (χ2n) is 8.34. The molecule has 1 aromatic rings. The summed E-state index contributed by atoms with van der Waals surface area (Å²) in [6, 6.07) is 1.94. The molecule has 3 aliphatic carbocycles. The molecule has 1 saturated heterocycles. The van der Waals surface area contributed by atoms with E-state index >= 15 is 0 Å². The number of rotatable bonds is 4. The minimum atomic E-state index is -0.159. The maximum Gasteiger partial charge on any atom is 0.290 e. The van der Waals surface area contributed by atoms with Gasteiger partial charge in [-0.1, -0.05) is 11.6 Å². The van der Waals surface area contributed by atoms with E-state index in [1.54, 1.807) is 6.07 Å². The van der Waals surface area contributed by atoms with Gasteiger partial charge in [0.15, 0.2) is 0 Å². The lowest BCUT2D eigenvalue weighted by Crippen LogP contribution is -2.42. The molecule has 4 fully saturated rings. The number of hydrogen-bond acceptors (Lipinski definition) is 4. The van der Waals surface area contributed by atoms with Crippen LogP contribution in [0.25, 0.3) is 0 Å². The largest absolute Gasteiger partial charge is 0.351 e. The summed E-state index contributed by atoms with van der Waals surface area (Å²) in [6.07, 6.45) is 7.68. The lowest BCUT2D eigenvalue weighted by Gasteiger charge is -2.30. The number of fused-ring (bicyclic) bond motifs is 1. The van der Waals surface area contributed by atoms with Gasteiger partial charge in [-0.15, -0.1) is 0 Å². The van der Waals surface area contributed by atoms with Crippen LogP contribution >= 0.6 is 0 Å². The number of nitrogens with one attached hydrogen (secondary N) is 1. The van der Waals surface area contributed by atoms with Gasteiger partial charge in [0, 0.05) is 43.0 Å². The highest BCUT2D eigenvalue weighted by molar-refractivity contribution is 5.91. The van der Waals surface area contributed by atoms with Crippen LogP contribution in [0.5, 0.6) is 0 Å². The molecule has 25 heavy (non-hydrogen) atoms. The molecule has 2 heterocycles. The Labute approximate surface area is 147 Å². The lowest BCUT2D eigenvalue weighted by molar-refractivity contribution is -0.137.